The van der Waals surface area contributed by atoms with Gasteiger partial charge in [-0.25, -0.2) is 15.0 Å². The molecule has 58 heavy (non-hydrogen) atoms. The zero-order valence-electron chi connectivity index (χ0n) is 30.6. The van der Waals surface area contributed by atoms with Crippen LogP contribution in [-0.2, 0) is 0 Å². The second kappa shape index (κ2) is 10.8. The van der Waals surface area contributed by atoms with Crippen molar-refractivity contribution in [1.82, 2.24) is 23.9 Å². The Bertz CT molecular complexity index is 3910. The Hall–Kier alpha value is -8.03. The second-order valence-electron chi connectivity index (χ2n) is 15.2. The van der Waals surface area contributed by atoms with Gasteiger partial charge in [0.15, 0.2) is 17.5 Å². The van der Waals surface area contributed by atoms with Crippen molar-refractivity contribution in [2.45, 2.75) is 0 Å². The van der Waals surface area contributed by atoms with E-state index < -0.39 is 0 Å². The van der Waals surface area contributed by atoms with E-state index in [0.717, 1.165) is 77.3 Å². The second-order valence-corrected chi connectivity index (χ2v) is 15.2. The van der Waals surface area contributed by atoms with Crippen molar-refractivity contribution in [3.05, 3.63) is 164 Å². The minimum atomic E-state index is 0.604. The highest BCUT2D eigenvalue weighted by molar-refractivity contribution is 6.37. The van der Waals surface area contributed by atoms with Gasteiger partial charge in [-0.3, -0.25) is 0 Å². The minimum absolute atomic E-state index is 0.604. The Kier molecular flexibility index (Phi) is 5.65. The first-order valence-corrected chi connectivity index (χ1v) is 19.4. The molecule has 14 rings (SSSR count). The number of rotatable bonds is 4. The molecule has 268 valence electrons. The summed E-state index contributed by atoms with van der Waals surface area (Å²) in [6, 6.07) is 57.0. The van der Waals surface area contributed by atoms with Crippen LogP contribution >= 0.6 is 0 Å². The van der Waals surface area contributed by atoms with Crippen LogP contribution in [0.5, 0.6) is 0 Å². The standard InChI is InChI=1S/C51H27N5O2/c1-3-10-28(11-4-1)49-52-50(29-12-5-2-6-13-29)54-51(53-49)30-18-22-40-34(26-30)35-27-31(19-23-41(35)57-40)55-37-16-9-17-38-44(37)45-39(55)21-25-42-46(45)47-43(58-42)24-20-33-32-14-7-8-15-36(32)56(38)48(33)47/h1-27H. The lowest BCUT2D eigenvalue weighted by Crippen LogP contribution is -2.00. The molecule has 0 aliphatic rings. The number of fused-ring (bicyclic) bond motifs is 7. The van der Waals surface area contributed by atoms with Crippen LogP contribution in [0.25, 0.3) is 133 Å². The first-order valence-electron chi connectivity index (χ1n) is 19.4. The average Bonchev–Trinajstić information content (AvgIpc) is 4.01. The number of aromatic nitrogens is 5. The van der Waals surface area contributed by atoms with Gasteiger partial charge in [0.1, 0.15) is 22.3 Å². The molecule has 0 unspecified atom stereocenters. The van der Waals surface area contributed by atoms with Gasteiger partial charge in [0.25, 0.3) is 0 Å². The molecule has 8 aromatic carbocycles. The molecule has 6 heterocycles. The van der Waals surface area contributed by atoms with Crippen LogP contribution in [0, 0.1) is 0 Å². The van der Waals surface area contributed by atoms with Gasteiger partial charge in [0.2, 0.25) is 0 Å². The maximum atomic E-state index is 6.61. The van der Waals surface area contributed by atoms with Crippen molar-refractivity contribution in [1.29, 1.82) is 0 Å². The Morgan fingerprint density at radius 3 is 1.72 bits per heavy atom. The summed E-state index contributed by atoms with van der Waals surface area (Å²) in [4.78, 5) is 14.9. The summed E-state index contributed by atoms with van der Waals surface area (Å²) in [6.07, 6.45) is 0. The number of nitrogens with zero attached hydrogens (tertiary/aromatic N) is 5. The highest BCUT2D eigenvalue weighted by atomic mass is 16.3. The number of hydrogen-bond donors (Lipinski definition) is 0. The minimum Gasteiger partial charge on any atom is -0.456 e. The predicted molar refractivity (Wildman–Crippen MR) is 233 cm³/mol. The Balaban J connectivity index is 1.02. The Morgan fingerprint density at radius 2 is 0.931 bits per heavy atom. The molecule has 0 aliphatic heterocycles. The molecule has 0 aliphatic carbocycles. The molecule has 0 radical (unpaired) electrons. The van der Waals surface area contributed by atoms with Crippen LogP contribution < -0.4 is 0 Å². The number of furan rings is 2. The van der Waals surface area contributed by atoms with Gasteiger partial charge in [-0.05, 0) is 78.9 Å². The molecule has 0 N–H and O–H groups in total. The van der Waals surface area contributed by atoms with Gasteiger partial charge >= 0.3 is 0 Å². The van der Waals surface area contributed by atoms with Crippen LogP contribution in [0.4, 0.5) is 0 Å². The fourth-order valence-corrected chi connectivity index (χ4v) is 9.63. The molecule has 14 aromatic rings. The molecule has 0 bridgehead atoms. The van der Waals surface area contributed by atoms with E-state index in [0.29, 0.717) is 17.5 Å². The molecule has 7 nitrogen and oxygen atoms in total. The quantitative estimate of drug-likeness (QED) is 0.180. The summed E-state index contributed by atoms with van der Waals surface area (Å²) in [7, 11) is 0. The lowest BCUT2D eigenvalue weighted by Gasteiger charge is -2.09. The van der Waals surface area contributed by atoms with E-state index in [1.807, 2.05) is 72.8 Å². The predicted octanol–water partition coefficient (Wildman–Crippen LogP) is 13.2. The molecule has 6 aromatic heterocycles. The van der Waals surface area contributed by atoms with Gasteiger partial charge in [-0.2, -0.15) is 0 Å². The molecular formula is C51H27N5O2. The molecule has 0 spiro atoms. The van der Waals surface area contributed by atoms with Crippen LogP contribution in [0.3, 0.4) is 0 Å². The number of hydrogen-bond acceptors (Lipinski definition) is 5. The third kappa shape index (κ3) is 3.89. The maximum Gasteiger partial charge on any atom is 0.164 e. The summed E-state index contributed by atoms with van der Waals surface area (Å²) in [5.74, 6) is 1.86. The van der Waals surface area contributed by atoms with Gasteiger partial charge in [-0.1, -0.05) is 84.9 Å². The number of para-hydroxylation sites is 1. The molecule has 0 saturated heterocycles. The normalized spacial score (nSPS) is 12.5. The Morgan fingerprint density at radius 1 is 0.345 bits per heavy atom. The van der Waals surface area contributed by atoms with Crippen molar-refractivity contribution < 1.29 is 8.83 Å². The third-order valence-electron chi connectivity index (χ3n) is 12.1. The summed E-state index contributed by atoms with van der Waals surface area (Å²) < 4.78 is 17.9. The van der Waals surface area contributed by atoms with Crippen LogP contribution in [-0.4, -0.2) is 23.9 Å². The van der Waals surface area contributed by atoms with E-state index >= 15 is 0 Å². The van der Waals surface area contributed by atoms with Gasteiger partial charge < -0.3 is 17.8 Å². The summed E-state index contributed by atoms with van der Waals surface area (Å²) >= 11 is 0. The lowest BCUT2D eigenvalue weighted by atomic mass is 10.0. The fraction of sp³-hybridized carbons (Fsp3) is 0. The lowest BCUT2D eigenvalue weighted by molar-refractivity contribution is 0.669. The average molecular weight is 742 g/mol. The van der Waals surface area contributed by atoms with Gasteiger partial charge in [0, 0.05) is 60.1 Å². The zero-order valence-corrected chi connectivity index (χ0v) is 30.6. The van der Waals surface area contributed by atoms with Gasteiger partial charge in [0.05, 0.1) is 33.0 Å². The van der Waals surface area contributed by atoms with E-state index in [9.17, 15) is 0 Å². The van der Waals surface area contributed by atoms with Crippen molar-refractivity contribution in [3.8, 4) is 39.9 Å². The maximum absolute atomic E-state index is 6.61. The monoisotopic (exact) mass is 741 g/mol. The largest absolute Gasteiger partial charge is 0.456 e. The van der Waals surface area contributed by atoms with E-state index in [1.165, 1.54) is 38.1 Å². The smallest absolute Gasteiger partial charge is 0.164 e. The first-order chi connectivity index (χ1) is 28.7. The molecular weight excluding hydrogens is 715 g/mol. The van der Waals surface area contributed by atoms with Gasteiger partial charge in [-0.15, -0.1) is 0 Å². The number of benzene rings is 8. The highest BCUT2D eigenvalue weighted by Gasteiger charge is 2.26. The van der Waals surface area contributed by atoms with E-state index in [2.05, 4.69) is 100.0 Å². The molecule has 7 heteroatoms. The first kappa shape index (κ1) is 30.2. The summed E-state index contributed by atoms with van der Waals surface area (Å²) in [5, 5.41) is 9.23. The van der Waals surface area contributed by atoms with E-state index in [1.54, 1.807) is 0 Å². The van der Waals surface area contributed by atoms with E-state index in [4.69, 9.17) is 23.8 Å². The fourth-order valence-electron chi connectivity index (χ4n) is 9.63. The van der Waals surface area contributed by atoms with Crippen molar-refractivity contribution in [3.63, 3.8) is 0 Å². The third-order valence-corrected chi connectivity index (χ3v) is 12.1. The highest BCUT2D eigenvalue weighted by Crippen LogP contribution is 2.48. The van der Waals surface area contributed by atoms with Crippen molar-refractivity contribution >= 4 is 93.0 Å². The van der Waals surface area contributed by atoms with E-state index in [-0.39, 0.29) is 0 Å². The topological polar surface area (TPSA) is 74.3 Å². The molecule has 0 saturated carbocycles. The Labute approximate surface area is 328 Å². The SMILES string of the molecule is c1ccc(-c2nc(-c3ccccc3)nc(-c3ccc4oc5ccc(-n6c7ccc8oc9ccc%10c%11ccccc%11n%11c%12cccc6c%12c7c8c9c%10%11)cc5c4c3)n2)cc1. The zero-order chi connectivity index (χ0) is 37.6. The molecule has 0 amide bonds. The molecule has 0 fully saturated rings. The van der Waals surface area contributed by atoms with Crippen LogP contribution in [0.15, 0.2) is 173 Å². The summed E-state index contributed by atoms with van der Waals surface area (Å²) in [5.41, 5.74) is 13.0. The molecule has 0 atom stereocenters. The van der Waals surface area contributed by atoms with Crippen molar-refractivity contribution in [2.24, 2.45) is 0 Å². The summed E-state index contributed by atoms with van der Waals surface area (Å²) in [6.45, 7) is 0. The van der Waals surface area contributed by atoms with Crippen LogP contribution in [0.1, 0.15) is 0 Å². The van der Waals surface area contributed by atoms with Crippen LogP contribution in [0.2, 0.25) is 0 Å². The van der Waals surface area contributed by atoms with Crippen molar-refractivity contribution in [2.75, 3.05) is 0 Å².